The predicted octanol–water partition coefficient (Wildman–Crippen LogP) is 2.01. The summed E-state index contributed by atoms with van der Waals surface area (Å²) in [6.07, 6.45) is 5.34. The average molecular weight is 424 g/mol. The Kier molecular flexibility index (Phi) is 5.32. The van der Waals surface area contributed by atoms with Crippen LogP contribution in [-0.4, -0.2) is 54.3 Å². The Balaban J connectivity index is 1.47. The van der Waals surface area contributed by atoms with Gasteiger partial charge >= 0.3 is 4.87 Å². The van der Waals surface area contributed by atoms with Gasteiger partial charge in [-0.3, -0.25) is 9.59 Å². The van der Waals surface area contributed by atoms with E-state index < -0.39 is 10.0 Å². The molecule has 0 bridgehead atoms. The second-order valence-electron chi connectivity index (χ2n) is 7.62. The van der Waals surface area contributed by atoms with Crippen LogP contribution >= 0.6 is 11.3 Å². The number of hydrogen-bond acceptors (Lipinski definition) is 5. The van der Waals surface area contributed by atoms with Crippen LogP contribution in [0.3, 0.4) is 0 Å². The van der Waals surface area contributed by atoms with Crippen molar-refractivity contribution >= 4 is 37.5 Å². The van der Waals surface area contributed by atoms with Gasteiger partial charge in [0.25, 0.3) is 0 Å². The van der Waals surface area contributed by atoms with Crippen LogP contribution in [0.15, 0.2) is 27.9 Å². The highest BCUT2D eigenvalue weighted by molar-refractivity contribution is 7.89. The van der Waals surface area contributed by atoms with Crippen molar-refractivity contribution in [3.63, 3.8) is 0 Å². The van der Waals surface area contributed by atoms with Gasteiger partial charge in [-0.2, -0.15) is 4.31 Å². The molecule has 1 aliphatic carbocycles. The Hall–Kier alpha value is -1.71. The van der Waals surface area contributed by atoms with Crippen LogP contribution in [0.2, 0.25) is 0 Å². The van der Waals surface area contributed by atoms with Gasteiger partial charge in [-0.05, 0) is 31.0 Å². The summed E-state index contributed by atoms with van der Waals surface area (Å²) < 4.78 is 29.7. The van der Waals surface area contributed by atoms with Gasteiger partial charge in [0.15, 0.2) is 0 Å². The highest BCUT2D eigenvalue weighted by atomic mass is 32.2. The van der Waals surface area contributed by atoms with Crippen molar-refractivity contribution in [1.29, 1.82) is 0 Å². The number of piperazine rings is 1. The number of nitrogens with zero attached hydrogens (tertiary/aromatic N) is 3. The largest absolute Gasteiger partial charge is 0.340 e. The minimum atomic E-state index is -3.64. The first-order valence-corrected chi connectivity index (χ1v) is 12.0. The van der Waals surface area contributed by atoms with Crippen LogP contribution < -0.4 is 4.87 Å². The van der Waals surface area contributed by atoms with E-state index in [1.54, 1.807) is 25.2 Å². The molecule has 1 aromatic heterocycles. The fourth-order valence-electron chi connectivity index (χ4n) is 4.18. The van der Waals surface area contributed by atoms with E-state index in [0.29, 0.717) is 30.9 Å². The molecule has 1 saturated carbocycles. The highest BCUT2D eigenvalue weighted by Gasteiger charge is 2.33. The van der Waals surface area contributed by atoms with Crippen LogP contribution in [0.25, 0.3) is 10.2 Å². The smallest absolute Gasteiger partial charge is 0.307 e. The maximum absolute atomic E-state index is 13.0. The molecule has 0 atom stereocenters. The van der Waals surface area contributed by atoms with Crippen molar-refractivity contribution < 1.29 is 13.2 Å². The van der Waals surface area contributed by atoms with E-state index in [1.165, 1.54) is 15.3 Å². The number of sulfonamides is 1. The molecule has 0 spiro atoms. The second kappa shape index (κ2) is 7.61. The third-order valence-electron chi connectivity index (χ3n) is 5.91. The number of hydrogen-bond donors (Lipinski definition) is 0. The van der Waals surface area contributed by atoms with Crippen LogP contribution in [0.1, 0.15) is 32.1 Å². The van der Waals surface area contributed by atoms with E-state index in [0.717, 1.165) is 42.5 Å². The molecule has 2 fully saturated rings. The molecule has 1 amide bonds. The molecule has 1 aromatic carbocycles. The van der Waals surface area contributed by atoms with Gasteiger partial charge in [-0.15, -0.1) is 0 Å². The lowest BCUT2D eigenvalue weighted by molar-refractivity contribution is -0.137. The summed E-state index contributed by atoms with van der Waals surface area (Å²) in [7, 11) is -1.96. The summed E-state index contributed by atoms with van der Waals surface area (Å²) in [5.74, 6) is 0.299. The van der Waals surface area contributed by atoms with Gasteiger partial charge < -0.3 is 9.47 Å². The molecular formula is C19H25N3O4S2. The molecule has 1 aliphatic heterocycles. The minimum Gasteiger partial charge on any atom is -0.340 e. The summed E-state index contributed by atoms with van der Waals surface area (Å²) >= 11 is 1.05. The van der Waals surface area contributed by atoms with Crippen molar-refractivity contribution in [2.75, 3.05) is 26.2 Å². The predicted molar refractivity (Wildman–Crippen MR) is 109 cm³/mol. The van der Waals surface area contributed by atoms with Crippen LogP contribution in [0, 0.1) is 5.92 Å². The van der Waals surface area contributed by atoms with E-state index in [2.05, 4.69) is 0 Å². The maximum Gasteiger partial charge on any atom is 0.307 e. The quantitative estimate of drug-likeness (QED) is 0.757. The molecule has 7 nitrogen and oxygen atoms in total. The summed E-state index contributed by atoms with van der Waals surface area (Å²) in [5.41, 5.74) is 0.733. The number of carbonyl (C=O) groups excluding carboxylic acids is 1. The van der Waals surface area contributed by atoms with E-state index >= 15 is 0 Å². The summed E-state index contributed by atoms with van der Waals surface area (Å²) in [6, 6.07) is 4.82. The third kappa shape index (κ3) is 3.51. The zero-order valence-corrected chi connectivity index (χ0v) is 17.6. The van der Waals surface area contributed by atoms with E-state index in [4.69, 9.17) is 0 Å². The van der Waals surface area contributed by atoms with Crippen LogP contribution in [-0.2, 0) is 21.9 Å². The molecule has 28 heavy (non-hydrogen) atoms. The lowest BCUT2D eigenvalue weighted by Crippen LogP contribution is -2.52. The number of aromatic nitrogens is 1. The van der Waals surface area contributed by atoms with Gasteiger partial charge in [0.05, 0.1) is 15.1 Å². The van der Waals surface area contributed by atoms with Crippen molar-refractivity contribution in [3.8, 4) is 0 Å². The molecule has 0 radical (unpaired) electrons. The molecule has 2 heterocycles. The highest BCUT2D eigenvalue weighted by Crippen LogP contribution is 2.27. The van der Waals surface area contributed by atoms with E-state index in [9.17, 15) is 18.0 Å². The monoisotopic (exact) mass is 423 g/mol. The Morgan fingerprint density at radius 1 is 1.07 bits per heavy atom. The fraction of sp³-hybridized carbons (Fsp3) is 0.579. The van der Waals surface area contributed by atoms with Crippen LogP contribution in [0.4, 0.5) is 0 Å². The first kappa shape index (κ1) is 19.6. The van der Waals surface area contributed by atoms with Crippen LogP contribution in [0.5, 0.6) is 0 Å². The fourth-order valence-corrected chi connectivity index (χ4v) is 6.62. The van der Waals surface area contributed by atoms with Gasteiger partial charge in [0.2, 0.25) is 15.9 Å². The van der Waals surface area contributed by atoms with Crippen molar-refractivity contribution in [3.05, 3.63) is 27.9 Å². The summed E-state index contributed by atoms with van der Waals surface area (Å²) in [6.45, 7) is 1.50. The number of rotatable bonds is 3. The van der Waals surface area contributed by atoms with E-state index in [1.807, 2.05) is 4.90 Å². The topological polar surface area (TPSA) is 79.7 Å². The third-order valence-corrected chi connectivity index (χ3v) is 8.80. The Morgan fingerprint density at radius 3 is 2.43 bits per heavy atom. The Morgan fingerprint density at radius 2 is 1.75 bits per heavy atom. The van der Waals surface area contributed by atoms with Gasteiger partial charge in [-0.1, -0.05) is 30.6 Å². The molecule has 2 aromatic rings. The minimum absolute atomic E-state index is 0.111. The number of benzene rings is 1. The first-order valence-electron chi connectivity index (χ1n) is 9.76. The summed E-state index contributed by atoms with van der Waals surface area (Å²) in [5, 5.41) is 0. The molecule has 9 heteroatoms. The lowest BCUT2D eigenvalue weighted by atomic mass is 9.88. The standard InChI is InChI=1S/C19H25N3O4S2/c1-20-16-8-7-15(13-17(16)27-19(20)24)28(25,26)22-11-9-21(10-12-22)18(23)14-5-3-2-4-6-14/h7-8,13-14H,2-6,9-12H2,1H3. The molecular weight excluding hydrogens is 398 g/mol. The molecule has 0 N–H and O–H groups in total. The lowest BCUT2D eigenvalue weighted by Gasteiger charge is -2.36. The normalized spacial score (nSPS) is 20.0. The van der Waals surface area contributed by atoms with Crippen molar-refractivity contribution in [2.45, 2.75) is 37.0 Å². The summed E-state index contributed by atoms with van der Waals surface area (Å²) in [4.78, 5) is 26.4. The number of thiazole rings is 1. The van der Waals surface area contributed by atoms with Crippen molar-refractivity contribution in [2.24, 2.45) is 13.0 Å². The van der Waals surface area contributed by atoms with Crippen molar-refractivity contribution in [1.82, 2.24) is 13.8 Å². The molecule has 4 rings (SSSR count). The van der Waals surface area contributed by atoms with Gasteiger partial charge in [-0.25, -0.2) is 8.42 Å². The first-order chi connectivity index (χ1) is 13.4. The Bertz CT molecular complexity index is 1040. The molecule has 2 aliphatic rings. The average Bonchev–Trinajstić information content (AvgIpc) is 3.01. The van der Waals surface area contributed by atoms with Gasteiger partial charge in [0, 0.05) is 39.1 Å². The maximum atomic E-state index is 13.0. The Labute approximate surface area is 168 Å². The number of aryl methyl sites for hydroxylation is 1. The zero-order valence-electron chi connectivity index (χ0n) is 16.0. The molecule has 1 saturated heterocycles. The second-order valence-corrected chi connectivity index (χ2v) is 10.6. The number of fused-ring (bicyclic) bond motifs is 1. The van der Waals surface area contributed by atoms with E-state index in [-0.39, 0.29) is 21.6 Å². The molecule has 0 unspecified atom stereocenters. The number of carbonyl (C=O) groups is 1. The van der Waals surface area contributed by atoms with Gasteiger partial charge in [0.1, 0.15) is 0 Å². The number of amides is 1. The zero-order chi connectivity index (χ0) is 19.9. The SMILES string of the molecule is Cn1c(=O)sc2cc(S(=O)(=O)N3CCN(C(=O)C4CCCCC4)CC3)ccc21. The molecule has 152 valence electrons.